The molecule has 0 unspecified atom stereocenters. The van der Waals surface area contributed by atoms with Crippen molar-refractivity contribution in [3.63, 3.8) is 0 Å². The van der Waals surface area contributed by atoms with Crippen molar-refractivity contribution in [1.82, 2.24) is 4.90 Å². The number of nitrogens with zero attached hydrogens (tertiary/aromatic N) is 1. The Morgan fingerprint density at radius 2 is 2.27 bits per heavy atom. The molecule has 84 valence electrons. The first-order chi connectivity index (χ1) is 7.02. The molecule has 0 fully saturated rings. The van der Waals surface area contributed by atoms with Crippen LogP contribution in [-0.2, 0) is 11.3 Å². The second-order valence-electron chi connectivity index (χ2n) is 4.10. The molecule has 0 aliphatic rings. The van der Waals surface area contributed by atoms with Crippen molar-refractivity contribution >= 4 is 17.2 Å². The summed E-state index contributed by atoms with van der Waals surface area (Å²) in [4.78, 5) is 13.5. The minimum atomic E-state index is -0.395. The highest BCUT2D eigenvalue weighted by molar-refractivity contribution is 7.07. The molecular weight excluding hydrogens is 208 g/mol. The summed E-state index contributed by atoms with van der Waals surface area (Å²) in [7, 11) is 1.79. The Balaban J connectivity index is 2.54. The van der Waals surface area contributed by atoms with Crippen molar-refractivity contribution in [2.24, 2.45) is 11.7 Å². The Morgan fingerprint density at radius 3 is 2.73 bits per heavy atom. The van der Waals surface area contributed by atoms with Gasteiger partial charge in [-0.05, 0) is 28.3 Å². The van der Waals surface area contributed by atoms with Crippen LogP contribution in [0.15, 0.2) is 16.8 Å². The number of hydrogen-bond donors (Lipinski definition) is 1. The zero-order valence-corrected chi connectivity index (χ0v) is 10.3. The smallest absolute Gasteiger partial charge is 0.239 e. The monoisotopic (exact) mass is 226 g/mol. The predicted octanol–water partition coefficient (Wildman–Crippen LogP) is 1.69. The molecule has 1 aromatic heterocycles. The summed E-state index contributed by atoms with van der Waals surface area (Å²) in [5, 5.41) is 4.06. The predicted molar refractivity (Wildman–Crippen MR) is 63.6 cm³/mol. The third kappa shape index (κ3) is 3.32. The van der Waals surface area contributed by atoms with E-state index in [4.69, 9.17) is 5.73 Å². The topological polar surface area (TPSA) is 46.3 Å². The third-order valence-corrected chi connectivity index (χ3v) is 3.11. The number of rotatable bonds is 4. The molecule has 0 saturated heterocycles. The van der Waals surface area contributed by atoms with E-state index in [0.29, 0.717) is 6.54 Å². The number of thiophene rings is 1. The summed E-state index contributed by atoms with van der Waals surface area (Å²) in [5.74, 6) is 0.193. The van der Waals surface area contributed by atoms with Gasteiger partial charge in [-0.1, -0.05) is 13.8 Å². The van der Waals surface area contributed by atoms with Crippen molar-refractivity contribution in [2.75, 3.05) is 7.05 Å². The number of likely N-dealkylation sites (N-methyl/N-ethyl adjacent to an activating group) is 1. The van der Waals surface area contributed by atoms with Crippen LogP contribution in [0, 0.1) is 5.92 Å². The Labute approximate surface area is 94.9 Å². The van der Waals surface area contributed by atoms with Crippen LogP contribution in [0.2, 0.25) is 0 Å². The second-order valence-corrected chi connectivity index (χ2v) is 4.88. The molecule has 1 rings (SSSR count). The fourth-order valence-electron chi connectivity index (χ4n) is 1.27. The van der Waals surface area contributed by atoms with Crippen LogP contribution in [0.25, 0.3) is 0 Å². The molecule has 0 aromatic carbocycles. The van der Waals surface area contributed by atoms with Crippen molar-refractivity contribution in [2.45, 2.75) is 26.4 Å². The average Bonchev–Trinajstić information content (AvgIpc) is 2.67. The standard InChI is InChI=1S/C11H18N2OS/c1-8(2)10(12)11(14)13(3)6-9-4-5-15-7-9/h4-5,7-8,10H,6,12H2,1-3H3/t10-/m0/s1. The van der Waals surface area contributed by atoms with Crippen molar-refractivity contribution in [3.8, 4) is 0 Å². The maximum absolute atomic E-state index is 11.8. The average molecular weight is 226 g/mol. The van der Waals surface area contributed by atoms with E-state index in [0.717, 1.165) is 5.56 Å². The van der Waals surface area contributed by atoms with Gasteiger partial charge in [0, 0.05) is 13.6 Å². The van der Waals surface area contributed by atoms with Crippen LogP contribution in [-0.4, -0.2) is 23.9 Å². The summed E-state index contributed by atoms with van der Waals surface area (Å²) < 4.78 is 0. The van der Waals surface area contributed by atoms with Gasteiger partial charge in [0.15, 0.2) is 0 Å². The molecule has 2 N–H and O–H groups in total. The molecule has 4 heteroatoms. The normalized spacial score (nSPS) is 12.9. The van der Waals surface area contributed by atoms with E-state index in [1.807, 2.05) is 30.7 Å². The maximum atomic E-state index is 11.8. The Hall–Kier alpha value is -0.870. The molecule has 0 aliphatic carbocycles. The molecule has 0 saturated carbocycles. The number of carbonyl (C=O) groups is 1. The maximum Gasteiger partial charge on any atom is 0.239 e. The van der Waals surface area contributed by atoms with Gasteiger partial charge in [-0.3, -0.25) is 4.79 Å². The van der Waals surface area contributed by atoms with E-state index < -0.39 is 6.04 Å². The van der Waals surface area contributed by atoms with Gasteiger partial charge in [0.25, 0.3) is 0 Å². The van der Waals surface area contributed by atoms with E-state index in [1.54, 1.807) is 23.3 Å². The first kappa shape index (κ1) is 12.2. The van der Waals surface area contributed by atoms with E-state index in [9.17, 15) is 4.79 Å². The van der Waals surface area contributed by atoms with Gasteiger partial charge in [-0.15, -0.1) is 0 Å². The molecule has 1 amide bonds. The van der Waals surface area contributed by atoms with Crippen molar-refractivity contribution < 1.29 is 4.79 Å². The van der Waals surface area contributed by atoms with Gasteiger partial charge in [0.1, 0.15) is 0 Å². The van der Waals surface area contributed by atoms with Gasteiger partial charge < -0.3 is 10.6 Å². The number of amides is 1. The summed E-state index contributed by atoms with van der Waals surface area (Å²) >= 11 is 1.64. The zero-order chi connectivity index (χ0) is 11.4. The molecule has 1 atom stereocenters. The molecule has 0 bridgehead atoms. The fourth-order valence-corrected chi connectivity index (χ4v) is 1.93. The lowest BCUT2D eigenvalue weighted by Gasteiger charge is -2.23. The first-order valence-electron chi connectivity index (χ1n) is 5.04. The Bertz CT molecular complexity index is 308. The first-order valence-corrected chi connectivity index (χ1v) is 5.98. The molecule has 1 aromatic rings. The minimum Gasteiger partial charge on any atom is -0.340 e. The largest absolute Gasteiger partial charge is 0.340 e. The van der Waals surface area contributed by atoms with Crippen LogP contribution in [0.5, 0.6) is 0 Å². The van der Waals surface area contributed by atoms with Crippen LogP contribution in [0.1, 0.15) is 19.4 Å². The molecule has 1 heterocycles. The second kappa shape index (κ2) is 5.28. The van der Waals surface area contributed by atoms with Gasteiger partial charge in [0.2, 0.25) is 5.91 Å². The minimum absolute atomic E-state index is 0.0104. The molecule has 0 aliphatic heterocycles. The molecule has 3 nitrogen and oxygen atoms in total. The highest BCUT2D eigenvalue weighted by atomic mass is 32.1. The number of nitrogens with two attached hydrogens (primary N) is 1. The van der Waals surface area contributed by atoms with E-state index >= 15 is 0 Å². The lowest BCUT2D eigenvalue weighted by molar-refractivity contribution is -0.132. The highest BCUT2D eigenvalue weighted by Gasteiger charge is 2.20. The van der Waals surface area contributed by atoms with Crippen LogP contribution in [0.4, 0.5) is 0 Å². The lowest BCUT2D eigenvalue weighted by atomic mass is 10.0. The summed E-state index contributed by atoms with van der Waals surface area (Å²) in [6.07, 6.45) is 0. The van der Waals surface area contributed by atoms with Crippen molar-refractivity contribution in [3.05, 3.63) is 22.4 Å². The van der Waals surface area contributed by atoms with E-state index in [1.165, 1.54) is 0 Å². The quantitative estimate of drug-likeness (QED) is 0.849. The summed E-state index contributed by atoms with van der Waals surface area (Å²) in [5.41, 5.74) is 6.96. The third-order valence-electron chi connectivity index (χ3n) is 2.38. The Morgan fingerprint density at radius 1 is 1.60 bits per heavy atom. The molecule has 15 heavy (non-hydrogen) atoms. The summed E-state index contributed by atoms with van der Waals surface area (Å²) in [6, 6.07) is 1.63. The van der Waals surface area contributed by atoms with E-state index in [-0.39, 0.29) is 11.8 Å². The lowest BCUT2D eigenvalue weighted by Crippen LogP contribution is -2.44. The van der Waals surface area contributed by atoms with Gasteiger partial charge in [-0.2, -0.15) is 11.3 Å². The van der Waals surface area contributed by atoms with Crippen LogP contribution < -0.4 is 5.73 Å². The fraction of sp³-hybridized carbons (Fsp3) is 0.545. The number of hydrogen-bond acceptors (Lipinski definition) is 3. The molecular formula is C11H18N2OS. The van der Waals surface area contributed by atoms with Gasteiger partial charge >= 0.3 is 0 Å². The SMILES string of the molecule is CC(C)[C@H](N)C(=O)N(C)Cc1ccsc1. The molecule has 0 radical (unpaired) electrons. The van der Waals surface area contributed by atoms with Gasteiger partial charge in [-0.25, -0.2) is 0 Å². The van der Waals surface area contributed by atoms with Crippen LogP contribution >= 0.6 is 11.3 Å². The zero-order valence-electron chi connectivity index (χ0n) is 9.43. The van der Waals surface area contributed by atoms with Crippen molar-refractivity contribution in [1.29, 1.82) is 0 Å². The Kier molecular flexibility index (Phi) is 4.29. The highest BCUT2D eigenvalue weighted by Crippen LogP contribution is 2.10. The summed E-state index contributed by atoms with van der Waals surface area (Å²) in [6.45, 7) is 4.56. The van der Waals surface area contributed by atoms with E-state index in [2.05, 4.69) is 0 Å². The molecule has 0 spiro atoms. The van der Waals surface area contributed by atoms with Gasteiger partial charge in [0.05, 0.1) is 6.04 Å². The number of carbonyl (C=O) groups excluding carboxylic acids is 1. The van der Waals surface area contributed by atoms with Crippen LogP contribution in [0.3, 0.4) is 0 Å².